The number of aromatic amines is 1. The number of H-pyrrole nitrogens is 1. The fourth-order valence-corrected chi connectivity index (χ4v) is 5.11. The highest BCUT2D eigenvalue weighted by atomic mass is 32.1. The van der Waals surface area contributed by atoms with Crippen molar-refractivity contribution >= 4 is 33.8 Å². The summed E-state index contributed by atoms with van der Waals surface area (Å²) in [4.78, 5) is 17.8. The minimum absolute atomic E-state index is 0.157. The summed E-state index contributed by atoms with van der Waals surface area (Å²) < 4.78 is 2.25. The van der Waals surface area contributed by atoms with Gasteiger partial charge in [0.1, 0.15) is 9.47 Å². The maximum Gasteiger partial charge on any atom is 0.332 e. The first-order chi connectivity index (χ1) is 10.6. The van der Waals surface area contributed by atoms with Crippen LogP contribution in [0, 0.1) is 10.6 Å². The van der Waals surface area contributed by atoms with E-state index in [0.717, 1.165) is 28.7 Å². The monoisotopic (exact) mass is 328 g/mol. The molecule has 3 aromatic rings. The molecule has 22 heavy (non-hydrogen) atoms. The first-order valence-corrected chi connectivity index (χ1v) is 8.72. The van der Waals surface area contributed by atoms with E-state index in [0.29, 0.717) is 10.6 Å². The third-order valence-electron chi connectivity index (χ3n) is 4.37. The average Bonchev–Trinajstić information content (AvgIpc) is 2.85. The Labute approximate surface area is 137 Å². The summed E-state index contributed by atoms with van der Waals surface area (Å²) in [5, 5.41) is 1.07. The molecule has 1 atom stereocenters. The van der Waals surface area contributed by atoms with Crippen molar-refractivity contribution in [1.82, 2.24) is 9.55 Å². The lowest BCUT2D eigenvalue weighted by Crippen LogP contribution is -2.21. The Balaban J connectivity index is 2.05. The number of hydrogen-bond acceptors (Lipinski definition) is 3. The summed E-state index contributed by atoms with van der Waals surface area (Å²) in [6.45, 7) is 2.29. The second-order valence-corrected chi connectivity index (χ2v) is 7.45. The third kappa shape index (κ3) is 2.08. The molecule has 1 aliphatic rings. The Kier molecular flexibility index (Phi) is 3.27. The van der Waals surface area contributed by atoms with Crippen molar-refractivity contribution in [1.29, 1.82) is 0 Å². The maximum atomic E-state index is 12.5. The Bertz CT molecular complexity index is 966. The van der Waals surface area contributed by atoms with E-state index in [9.17, 15) is 4.79 Å². The van der Waals surface area contributed by atoms with E-state index in [1.54, 1.807) is 15.9 Å². The van der Waals surface area contributed by atoms with E-state index in [1.807, 2.05) is 30.3 Å². The van der Waals surface area contributed by atoms with Crippen LogP contribution in [-0.2, 0) is 12.8 Å². The Morgan fingerprint density at radius 3 is 2.86 bits per heavy atom. The first kappa shape index (κ1) is 13.9. The number of para-hydroxylation sites is 1. The standard InChI is InChI=1S/C17H16N2OS2/c1-10-7-8-12-13(9-10)22-15-14(12)16(21)19(17(20)18-15)11-5-3-2-4-6-11/h2-6,10H,7-9H2,1H3,(H,18,20). The molecule has 2 heterocycles. The Hall–Kier alpha value is -1.72. The van der Waals surface area contributed by atoms with Crippen LogP contribution in [0.1, 0.15) is 23.8 Å². The van der Waals surface area contributed by atoms with Gasteiger partial charge < -0.3 is 0 Å². The summed E-state index contributed by atoms with van der Waals surface area (Å²) in [7, 11) is 0. The van der Waals surface area contributed by atoms with Gasteiger partial charge in [0.2, 0.25) is 0 Å². The number of aromatic nitrogens is 2. The van der Waals surface area contributed by atoms with Crippen molar-refractivity contribution in [2.75, 3.05) is 0 Å². The molecule has 0 radical (unpaired) electrons. The van der Waals surface area contributed by atoms with Crippen molar-refractivity contribution in [2.45, 2.75) is 26.2 Å². The van der Waals surface area contributed by atoms with E-state index in [-0.39, 0.29) is 5.69 Å². The zero-order valence-electron chi connectivity index (χ0n) is 12.3. The SMILES string of the molecule is CC1CCc2c(sc3[nH]c(=O)n(-c4ccccc4)c(=S)c23)C1. The molecule has 0 bridgehead atoms. The smallest absolute Gasteiger partial charge is 0.298 e. The first-order valence-electron chi connectivity index (χ1n) is 7.50. The second kappa shape index (κ2) is 5.18. The number of fused-ring (bicyclic) bond motifs is 3. The van der Waals surface area contributed by atoms with Crippen LogP contribution in [0.25, 0.3) is 15.9 Å². The van der Waals surface area contributed by atoms with Gasteiger partial charge in [0.15, 0.2) is 0 Å². The van der Waals surface area contributed by atoms with Gasteiger partial charge in [-0.15, -0.1) is 11.3 Å². The van der Waals surface area contributed by atoms with Crippen LogP contribution in [-0.4, -0.2) is 9.55 Å². The van der Waals surface area contributed by atoms with Gasteiger partial charge in [-0.3, -0.25) is 9.55 Å². The van der Waals surface area contributed by atoms with Crippen LogP contribution in [0.3, 0.4) is 0 Å². The predicted molar refractivity (Wildman–Crippen MR) is 93.8 cm³/mol. The Morgan fingerprint density at radius 2 is 2.09 bits per heavy atom. The van der Waals surface area contributed by atoms with E-state index in [4.69, 9.17) is 12.2 Å². The van der Waals surface area contributed by atoms with Crippen molar-refractivity contribution < 1.29 is 0 Å². The summed E-state index contributed by atoms with van der Waals surface area (Å²) >= 11 is 7.38. The summed E-state index contributed by atoms with van der Waals surface area (Å²) in [5.74, 6) is 0.710. The van der Waals surface area contributed by atoms with Crippen LogP contribution in [0.4, 0.5) is 0 Å². The number of thiophene rings is 1. The largest absolute Gasteiger partial charge is 0.332 e. The molecule has 5 heteroatoms. The van der Waals surface area contributed by atoms with Crippen molar-refractivity contribution in [2.24, 2.45) is 5.92 Å². The minimum atomic E-state index is -0.157. The second-order valence-electron chi connectivity index (χ2n) is 5.96. The molecule has 1 aliphatic carbocycles. The molecule has 1 unspecified atom stereocenters. The van der Waals surface area contributed by atoms with Gasteiger partial charge in [0.25, 0.3) is 0 Å². The number of aryl methyl sites for hydroxylation is 1. The van der Waals surface area contributed by atoms with Crippen LogP contribution in [0.5, 0.6) is 0 Å². The molecule has 112 valence electrons. The zero-order chi connectivity index (χ0) is 15.3. The molecule has 0 saturated heterocycles. The van der Waals surface area contributed by atoms with E-state index in [1.165, 1.54) is 16.9 Å². The molecular weight excluding hydrogens is 312 g/mol. The van der Waals surface area contributed by atoms with E-state index >= 15 is 0 Å². The van der Waals surface area contributed by atoms with Gasteiger partial charge in [0.05, 0.1) is 5.69 Å². The Morgan fingerprint density at radius 1 is 1.32 bits per heavy atom. The van der Waals surface area contributed by atoms with Gasteiger partial charge >= 0.3 is 5.69 Å². The van der Waals surface area contributed by atoms with Crippen LogP contribution in [0.15, 0.2) is 35.1 Å². The third-order valence-corrected chi connectivity index (χ3v) is 5.92. The molecule has 0 aliphatic heterocycles. The molecule has 0 amide bonds. The highest BCUT2D eigenvalue weighted by Crippen LogP contribution is 2.37. The van der Waals surface area contributed by atoms with Crippen LogP contribution < -0.4 is 5.69 Å². The van der Waals surface area contributed by atoms with Gasteiger partial charge in [0, 0.05) is 10.3 Å². The number of hydrogen-bond donors (Lipinski definition) is 1. The van der Waals surface area contributed by atoms with Crippen molar-refractivity contribution in [3.63, 3.8) is 0 Å². The van der Waals surface area contributed by atoms with Gasteiger partial charge in [-0.05, 0) is 42.9 Å². The van der Waals surface area contributed by atoms with Crippen molar-refractivity contribution in [3.05, 3.63) is 55.9 Å². The summed E-state index contributed by atoms with van der Waals surface area (Å²) in [6, 6.07) is 9.61. The molecular formula is C17H16N2OS2. The zero-order valence-corrected chi connectivity index (χ0v) is 13.9. The number of nitrogens with zero attached hydrogens (tertiary/aromatic N) is 1. The molecule has 0 spiro atoms. The molecule has 4 rings (SSSR count). The number of nitrogens with one attached hydrogen (secondary N) is 1. The highest BCUT2D eigenvalue weighted by Gasteiger charge is 2.22. The van der Waals surface area contributed by atoms with Gasteiger partial charge in [-0.2, -0.15) is 0 Å². The normalized spacial score (nSPS) is 17.6. The molecule has 0 fully saturated rings. The fraction of sp³-hybridized carbons (Fsp3) is 0.294. The van der Waals surface area contributed by atoms with Crippen LogP contribution >= 0.6 is 23.6 Å². The number of rotatable bonds is 1. The highest BCUT2D eigenvalue weighted by molar-refractivity contribution is 7.71. The van der Waals surface area contributed by atoms with Gasteiger partial charge in [-0.1, -0.05) is 37.3 Å². The van der Waals surface area contributed by atoms with E-state index < -0.39 is 0 Å². The number of benzene rings is 1. The van der Waals surface area contributed by atoms with Crippen molar-refractivity contribution in [3.8, 4) is 5.69 Å². The fourth-order valence-electron chi connectivity index (χ4n) is 3.23. The summed E-state index contributed by atoms with van der Waals surface area (Å²) in [5.41, 5.74) is 2.01. The molecule has 2 aromatic heterocycles. The minimum Gasteiger partial charge on any atom is -0.298 e. The average molecular weight is 328 g/mol. The molecule has 3 nitrogen and oxygen atoms in total. The lowest BCUT2D eigenvalue weighted by molar-refractivity contribution is 0.509. The van der Waals surface area contributed by atoms with E-state index in [2.05, 4.69) is 11.9 Å². The lowest BCUT2D eigenvalue weighted by Gasteiger charge is -2.17. The van der Waals surface area contributed by atoms with Crippen LogP contribution in [0.2, 0.25) is 0 Å². The molecule has 0 saturated carbocycles. The molecule has 1 N–H and O–H groups in total. The maximum absolute atomic E-state index is 12.5. The topological polar surface area (TPSA) is 37.8 Å². The quantitative estimate of drug-likeness (QED) is 0.679. The predicted octanol–water partition coefficient (Wildman–Crippen LogP) is 4.23. The van der Waals surface area contributed by atoms with Gasteiger partial charge in [-0.25, -0.2) is 4.79 Å². The molecule has 1 aromatic carbocycles. The lowest BCUT2D eigenvalue weighted by atomic mass is 9.89. The summed E-state index contributed by atoms with van der Waals surface area (Å²) in [6.07, 6.45) is 3.34.